The highest BCUT2D eigenvalue weighted by atomic mass is 32.2. The fourth-order valence-electron chi connectivity index (χ4n) is 2.42. The number of aliphatic hydroxyl groups excluding tert-OH is 1. The second-order valence-electron chi connectivity index (χ2n) is 4.59. The van der Waals surface area contributed by atoms with E-state index in [1.54, 1.807) is 18.7 Å². The molecule has 3 heteroatoms. The van der Waals surface area contributed by atoms with Crippen LogP contribution < -0.4 is 0 Å². The van der Waals surface area contributed by atoms with Gasteiger partial charge >= 0.3 is 0 Å². The van der Waals surface area contributed by atoms with E-state index in [4.69, 9.17) is 0 Å². The minimum Gasteiger partial charge on any atom is -0.393 e. The second-order valence-corrected chi connectivity index (χ2v) is 5.91. The molecule has 3 atom stereocenters. The summed E-state index contributed by atoms with van der Waals surface area (Å²) >= 11 is 1.72. The lowest BCUT2D eigenvalue weighted by molar-refractivity contribution is -0.127. The molecule has 1 aromatic rings. The molecule has 0 radical (unpaired) electrons. The zero-order chi connectivity index (χ0) is 12.3. The van der Waals surface area contributed by atoms with Crippen molar-refractivity contribution >= 4 is 17.5 Å². The average Bonchev–Trinajstić information content (AvgIpc) is 2.30. The molecule has 0 aromatic heterocycles. The van der Waals surface area contributed by atoms with Gasteiger partial charge in [-0.3, -0.25) is 4.79 Å². The summed E-state index contributed by atoms with van der Waals surface area (Å²) in [7, 11) is 0. The highest BCUT2D eigenvalue weighted by molar-refractivity contribution is 8.00. The smallest absolute Gasteiger partial charge is 0.139 e. The molecular weight excluding hydrogens is 232 g/mol. The van der Waals surface area contributed by atoms with Crippen LogP contribution in [-0.2, 0) is 4.79 Å². The van der Waals surface area contributed by atoms with Crippen molar-refractivity contribution in [1.29, 1.82) is 0 Å². The molecule has 3 unspecified atom stereocenters. The molecule has 1 aromatic carbocycles. The second kappa shape index (κ2) is 5.69. The molecule has 1 aliphatic rings. The third kappa shape index (κ3) is 3.11. The van der Waals surface area contributed by atoms with Gasteiger partial charge in [-0.05, 0) is 31.9 Å². The molecule has 1 fully saturated rings. The van der Waals surface area contributed by atoms with Crippen LogP contribution in [-0.4, -0.2) is 22.2 Å². The van der Waals surface area contributed by atoms with Crippen LogP contribution in [0.4, 0.5) is 0 Å². The molecule has 2 rings (SSSR count). The summed E-state index contributed by atoms with van der Waals surface area (Å²) in [5, 5.41) is 9.98. The van der Waals surface area contributed by atoms with E-state index in [9.17, 15) is 9.90 Å². The number of rotatable bonds is 3. The highest BCUT2D eigenvalue weighted by Gasteiger charge is 2.35. The van der Waals surface area contributed by atoms with E-state index in [1.165, 1.54) is 4.90 Å². The number of Topliss-reactive ketones (excluding diaryl/α,β-unsaturated/α-hetero) is 1. The van der Waals surface area contributed by atoms with Gasteiger partial charge in [0.2, 0.25) is 0 Å². The lowest BCUT2D eigenvalue weighted by Crippen LogP contribution is -2.38. The Morgan fingerprint density at radius 3 is 2.71 bits per heavy atom. The van der Waals surface area contributed by atoms with Crippen LogP contribution in [0.3, 0.4) is 0 Å². The molecular formula is C14H18O2S. The summed E-state index contributed by atoms with van der Waals surface area (Å²) in [6.45, 7) is 1.73. The Hall–Kier alpha value is -0.800. The zero-order valence-electron chi connectivity index (χ0n) is 10.0. The normalized spacial score (nSPS) is 26.8. The molecule has 1 saturated carbocycles. The number of aliphatic hydroxyl groups is 1. The predicted octanol–water partition coefficient (Wildman–Crippen LogP) is 2.90. The third-order valence-corrected chi connectivity index (χ3v) is 4.61. The molecule has 0 bridgehead atoms. The Labute approximate surface area is 106 Å². The van der Waals surface area contributed by atoms with E-state index in [1.807, 2.05) is 18.2 Å². The SMILES string of the molecule is CC(O)C1C(=O)CCCC1Sc1ccccc1. The summed E-state index contributed by atoms with van der Waals surface area (Å²) in [5.74, 6) is 0.0219. The Kier molecular flexibility index (Phi) is 4.24. The number of hydrogen-bond acceptors (Lipinski definition) is 3. The van der Waals surface area contributed by atoms with E-state index in [-0.39, 0.29) is 17.0 Å². The summed E-state index contributed by atoms with van der Waals surface area (Å²) in [5.41, 5.74) is 0. The van der Waals surface area contributed by atoms with Gasteiger partial charge in [-0.25, -0.2) is 0 Å². The molecule has 1 aliphatic carbocycles. The first-order valence-corrected chi connectivity index (χ1v) is 6.99. The summed E-state index contributed by atoms with van der Waals surface area (Å²) in [6.07, 6.45) is 2.05. The minimum atomic E-state index is -0.538. The van der Waals surface area contributed by atoms with Crippen LogP contribution in [0.1, 0.15) is 26.2 Å². The lowest BCUT2D eigenvalue weighted by atomic mass is 9.84. The quantitative estimate of drug-likeness (QED) is 0.896. The number of benzene rings is 1. The number of carbonyl (C=O) groups excluding carboxylic acids is 1. The first-order valence-electron chi connectivity index (χ1n) is 6.11. The molecule has 17 heavy (non-hydrogen) atoms. The van der Waals surface area contributed by atoms with Crippen LogP contribution in [0.15, 0.2) is 35.2 Å². The third-order valence-electron chi connectivity index (χ3n) is 3.23. The molecule has 1 N–H and O–H groups in total. The van der Waals surface area contributed by atoms with Gasteiger partial charge in [-0.1, -0.05) is 18.2 Å². The van der Waals surface area contributed by atoms with Crippen molar-refractivity contribution in [2.24, 2.45) is 5.92 Å². The van der Waals surface area contributed by atoms with Crippen LogP contribution in [0.25, 0.3) is 0 Å². The minimum absolute atomic E-state index is 0.200. The Balaban J connectivity index is 2.10. The fraction of sp³-hybridized carbons (Fsp3) is 0.500. The summed E-state index contributed by atoms with van der Waals surface area (Å²) in [6, 6.07) is 10.1. The van der Waals surface area contributed by atoms with Gasteiger partial charge in [-0.15, -0.1) is 11.8 Å². The van der Waals surface area contributed by atoms with Crippen molar-refractivity contribution in [3.63, 3.8) is 0 Å². The van der Waals surface area contributed by atoms with E-state index < -0.39 is 6.10 Å². The average molecular weight is 250 g/mol. The number of ketones is 1. The molecule has 0 amide bonds. The Morgan fingerprint density at radius 1 is 1.35 bits per heavy atom. The van der Waals surface area contributed by atoms with Crippen molar-refractivity contribution in [3.8, 4) is 0 Å². The molecule has 0 heterocycles. The van der Waals surface area contributed by atoms with Crippen molar-refractivity contribution in [2.45, 2.75) is 42.4 Å². The van der Waals surface area contributed by atoms with Gasteiger partial charge in [0.1, 0.15) is 5.78 Å². The molecule has 0 saturated heterocycles. The topological polar surface area (TPSA) is 37.3 Å². The standard InChI is InChI=1S/C14H18O2S/c1-10(15)14-12(16)8-5-9-13(14)17-11-6-3-2-4-7-11/h2-4,6-7,10,13-15H,5,8-9H2,1H3. The predicted molar refractivity (Wildman–Crippen MR) is 70.1 cm³/mol. The number of thioether (sulfide) groups is 1. The van der Waals surface area contributed by atoms with Crippen molar-refractivity contribution in [3.05, 3.63) is 30.3 Å². The summed E-state index contributed by atoms with van der Waals surface area (Å²) < 4.78 is 0. The van der Waals surface area contributed by atoms with Crippen molar-refractivity contribution in [2.75, 3.05) is 0 Å². The van der Waals surface area contributed by atoms with E-state index in [2.05, 4.69) is 12.1 Å². The number of carbonyl (C=O) groups is 1. The van der Waals surface area contributed by atoms with Crippen LogP contribution in [0, 0.1) is 5.92 Å². The zero-order valence-corrected chi connectivity index (χ0v) is 10.8. The maximum atomic E-state index is 11.9. The number of hydrogen-bond donors (Lipinski definition) is 1. The monoisotopic (exact) mass is 250 g/mol. The Morgan fingerprint density at radius 2 is 2.06 bits per heavy atom. The van der Waals surface area contributed by atoms with Gasteiger partial charge in [0.25, 0.3) is 0 Å². The highest BCUT2D eigenvalue weighted by Crippen LogP contribution is 2.37. The van der Waals surface area contributed by atoms with E-state index >= 15 is 0 Å². The van der Waals surface area contributed by atoms with Crippen molar-refractivity contribution in [1.82, 2.24) is 0 Å². The maximum absolute atomic E-state index is 11.9. The van der Waals surface area contributed by atoms with Gasteiger partial charge in [-0.2, -0.15) is 0 Å². The first-order chi connectivity index (χ1) is 8.18. The maximum Gasteiger partial charge on any atom is 0.139 e. The molecule has 0 spiro atoms. The van der Waals surface area contributed by atoms with Crippen LogP contribution in [0.5, 0.6) is 0 Å². The van der Waals surface area contributed by atoms with Gasteiger partial charge < -0.3 is 5.11 Å². The summed E-state index contributed by atoms with van der Waals surface area (Å²) in [4.78, 5) is 13.0. The van der Waals surface area contributed by atoms with Crippen LogP contribution >= 0.6 is 11.8 Å². The molecule has 0 aliphatic heterocycles. The Bertz CT molecular complexity index is 375. The van der Waals surface area contributed by atoms with Crippen molar-refractivity contribution < 1.29 is 9.90 Å². The lowest BCUT2D eigenvalue weighted by Gasteiger charge is -2.31. The van der Waals surface area contributed by atoms with Gasteiger partial charge in [0, 0.05) is 16.6 Å². The molecule has 2 nitrogen and oxygen atoms in total. The van der Waals surface area contributed by atoms with E-state index in [0.29, 0.717) is 6.42 Å². The van der Waals surface area contributed by atoms with Gasteiger partial charge in [0.05, 0.1) is 12.0 Å². The van der Waals surface area contributed by atoms with Crippen LogP contribution in [0.2, 0.25) is 0 Å². The first kappa shape index (κ1) is 12.7. The fourth-order valence-corrected chi connectivity index (χ4v) is 3.89. The molecule has 92 valence electrons. The van der Waals surface area contributed by atoms with Gasteiger partial charge in [0.15, 0.2) is 0 Å². The van der Waals surface area contributed by atoms with E-state index in [0.717, 1.165) is 12.8 Å². The largest absolute Gasteiger partial charge is 0.393 e.